The zero-order valence-electron chi connectivity index (χ0n) is 9.26. The largest absolute Gasteiger partial charge is 0.461 e. The molecule has 0 saturated carbocycles. The van der Waals surface area contributed by atoms with E-state index in [-0.39, 0.29) is 6.10 Å². The van der Waals surface area contributed by atoms with E-state index < -0.39 is 0 Å². The van der Waals surface area contributed by atoms with Crippen molar-refractivity contribution in [1.29, 1.82) is 0 Å². The topological polar surface area (TPSA) is 56.0 Å². The Kier molecular flexibility index (Phi) is 2.82. The van der Waals surface area contributed by atoms with Crippen LogP contribution in [0, 0.1) is 4.77 Å². The lowest BCUT2D eigenvalue weighted by molar-refractivity contribution is 0.0969. The molecule has 1 saturated heterocycles. The van der Waals surface area contributed by atoms with Gasteiger partial charge in [0.2, 0.25) is 0 Å². The Balaban J connectivity index is 1.92. The molecule has 0 unspecified atom stereocenters. The van der Waals surface area contributed by atoms with Crippen LogP contribution in [0.1, 0.15) is 12.8 Å². The maximum absolute atomic E-state index is 5.61. The first-order valence-corrected chi connectivity index (χ1v) is 6.06. The van der Waals surface area contributed by atoms with Crippen LogP contribution in [0.5, 0.6) is 0 Å². The van der Waals surface area contributed by atoms with Crippen LogP contribution in [0.25, 0.3) is 11.6 Å². The molecule has 5 nitrogen and oxygen atoms in total. The third-order valence-electron chi connectivity index (χ3n) is 2.91. The third-order valence-corrected chi connectivity index (χ3v) is 3.22. The van der Waals surface area contributed by atoms with Gasteiger partial charge in [-0.15, -0.1) is 0 Å². The van der Waals surface area contributed by atoms with E-state index in [0.29, 0.717) is 4.77 Å². The molecule has 2 aromatic rings. The van der Waals surface area contributed by atoms with Crippen molar-refractivity contribution in [2.75, 3.05) is 6.61 Å². The van der Waals surface area contributed by atoms with Crippen LogP contribution in [0.3, 0.4) is 0 Å². The highest BCUT2D eigenvalue weighted by molar-refractivity contribution is 7.71. The van der Waals surface area contributed by atoms with Crippen molar-refractivity contribution in [1.82, 2.24) is 14.8 Å². The number of H-pyrrole nitrogens is 1. The molecule has 1 fully saturated rings. The molecule has 0 bridgehead atoms. The van der Waals surface area contributed by atoms with Crippen molar-refractivity contribution in [3.05, 3.63) is 23.2 Å². The normalized spacial score (nSPS) is 19.9. The van der Waals surface area contributed by atoms with Gasteiger partial charge in [-0.05, 0) is 37.2 Å². The second-order valence-electron chi connectivity index (χ2n) is 4.08. The van der Waals surface area contributed by atoms with Gasteiger partial charge in [-0.1, -0.05) is 0 Å². The van der Waals surface area contributed by atoms with Crippen molar-refractivity contribution >= 4 is 12.2 Å². The minimum atomic E-state index is 0.230. The SMILES string of the molecule is S=c1[nH]nc(-c2ccco2)n1C[C@H]1CCCO1. The van der Waals surface area contributed by atoms with Gasteiger partial charge < -0.3 is 9.15 Å². The molecular weight excluding hydrogens is 238 g/mol. The fraction of sp³-hybridized carbons (Fsp3) is 0.455. The van der Waals surface area contributed by atoms with Gasteiger partial charge in [-0.25, -0.2) is 0 Å². The molecule has 0 aromatic carbocycles. The lowest BCUT2D eigenvalue weighted by Crippen LogP contribution is -2.15. The van der Waals surface area contributed by atoms with Crippen molar-refractivity contribution in [3.8, 4) is 11.6 Å². The second-order valence-corrected chi connectivity index (χ2v) is 4.46. The minimum Gasteiger partial charge on any atom is -0.461 e. The second kappa shape index (κ2) is 4.46. The Hall–Kier alpha value is -1.40. The molecule has 90 valence electrons. The molecule has 0 spiro atoms. The summed E-state index contributed by atoms with van der Waals surface area (Å²) in [5.74, 6) is 1.45. The van der Waals surface area contributed by atoms with Crippen LogP contribution in [0.15, 0.2) is 22.8 Å². The number of furan rings is 1. The number of nitrogens with zero attached hydrogens (tertiary/aromatic N) is 2. The maximum Gasteiger partial charge on any atom is 0.198 e. The molecule has 0 amide bonds. The van der Waals surface area contributed by atoms with E-state index in [1.54, 1.807) is 6.26 Å². The Morgan fingerprint density at radius 3 is 3.24 bits per heavy atom. The molecule has 1 atom stereocenters. The van der Waals surface area contributed by atoms with Crippen LogP contribution in [0.4, 0.5) is 0 Å². The maximum atomic E-state index is 5.61. The monoisotopic (exact) mass is 251 g/mol. The van der Waals surface area contributed by atoms with Crippen molar-refractivity contribution in [3.63, 3.8) is 0 Å². The lowest BCUT2D eigenvalue weighted by Gasteiger charge is -2.11. The number of aromatic nitrogens is 3. The predicted octanol–water partition coefficient (Wildman–Crippen LogP) is 2.38. The highest BCUT2D eigenvalue weighted by Gasteiger charge is 2.19. The standard InChI is InChI=1S/C11H13N3O2S/c17-11-13-12-10(9-4-2-6-16-9)14(11)7-8-3-1-5-15-8/h2,4,6,8H,1,3,5,7H2,(H,13,17)/t8-/m1/s1. The first-order chi connectivity index (χ1) is 8.34. The summed E-state index contributed by atoms with van der Waals surface area (Å²) in [5, 5.41) is 7.00. The van der Waals surface area contributed by atoms with Gasteiger partial charge in [0.15, 0.2) is 16.4 Å². The molecule has 1 aliphatic heterocycles. The lowest BCUT2D eigenvalue weighted by atomic mass is 10.2. The number of hydrogen-bond donors (Lipinski definition) is 1. The van der Waals surface area contributed by atoms with Gasteiger partial charge in [0.05, 0.1) is 18.9 Å². The molecule has 0 aliphatic carbocycles. The molecule has 1 N–H and O–H groups in total. The van der Waals surface area contributed by atoms with E-state index in [1.807, 2.05) is 16.7 Å². The molecular formula is C11H13N3O2S. The smallest absolute Gasteiger partial charge is 0.198 e. The predicted molar refractivity (Wildman–Crippen MR) is 64.1 cm³/mol. The van der Waals surface area contributed by atoms with Gasteiger partial charge in [-0.2, -0.15) is 5.10 Å². The third kappa shape index (κ3) is 2.05. The fourth-order valence-electron chi connectivity index (χ4n) is 2.07. The summed E-state index contributed by atoms with van der Waals surface area (Å²) < 4.78 is 13.5. The first-order valence-electron chi connectivity index (χ1n) is 5.65. The van der Waals surface area contributed by atoms with Crippen LogP contribution in [-0.2, 0) is 11.3 Å². The van der Waals surface area contributed by atoms with Gasteiger partial charge >= 0.3 is 0 Å². The van der Waals surface area contributed by atoms with Gasteiger partial charge in [0.1, 0.15) is 0 Å². The van der Waals surface area contributed by atoms with Gasteiger partial charge in [0, 0.05) is 6.61 Å². The molecule has 1 aliphatic rings. The zero-order valence-corrected chi connectivity index (χ0v) is 10.1. The fourth-order valence-corrected chi connectivity index (χ4v) is 2.28. The van der Waals surface area contributed by atoms with E-state index in [0.717, 1.165) is 37.6 Å². The van der Waals surface area contributed by atoms with Crippen LogP contribution in [-0.4, -0.2) is 27.5 Å². The Bertz CT molecular complexity index is 537. The average molecular weight is 251 g/mol. The summed E-state index contributed by atoms with van der Waals surface area (Å²) in [4.78, 5) is 0. The number of rotatable bonds is 3. The summed E-state index contributed by atoms with van der Waals surface area (Å²) in [5.41, 5.74) is 0. The summed E-state index contributed by atoms with van der Waals surface area (Å²) in [7, 11) is 0. The highest BCUT2D eigenvalue weighted by atomic mass is 32.1. The molecule has 2 aromatic heterocycles. The van der Waals surface area contributed by atoms with Crippen LogP contribution >= 0.6 is 12.2 Å². The minimum absolute atomic E-state index is 0.230. The van der Waals surface area contributed by atoms with E-state index in [4.69, 9.17) is 21.4 Å². The molecule has 6 heteroatoms. The Morgan fingerprint density at radius 2 is 2.53 bits per heavy atom. The van der Waals surface area contributed by atoms with Crippen molar-refractivity contribution < 1.29 is 9.15 Å². The highest BCUT2D eigenvalue weighted by Crippen LogP contribution is 2.20. The van der Waals surface area contributed by atoms with Crippen LogP contribution in [0.2, 0.25) is 0 Å². The average Bonchev–Trinajstić information content (AvgIpc) is 3.03. The first kappa shape index (κ1) is 10.7. The van der Waals surface area contributed by atoms with Crippen LogP contribution < -0.4 is 0 Å². The number of hydrogen-bond acceptors (Lipinski definition) is 4. The zero-order chi connectivity index (χ0) is 11.7. The molecule has 17 heavy (non-hydrogen) atoms. The Labute approximate surface area is 103 Å². The molecule has 0 radical (unpaired) electrons. The molecule has 3 heterocycles. The summed E-state index contributed by atoms with van der Waals surface area (Å²) in [6.45, 7) is 1.57. The van der Waals surface area contributed by atoms with E-state index in [2.05, 4.69) is 10.2 Å². The summed E-state index contributed by atoms with van der Waals surface area (Å²) in [6, 6.07) is 3.71. The quantitative estimate of drug-likeness (QED) is 0.851. The number of aromatic amines is 1. The number of ether oxygens (including phenoxy) is 1. The Morgan fingerprint density at radius 1 is 1.59 bits per heavy atom. The van der Waals surface area contributed by atoms with E-state index >= 15 is 0 Å². The number of nitrogens with one attached hydrogen (secondary N) is 1. The van der Waals surface area contributed by atoms with Crippen molar-refractivity contribution in [2.24, 2.45) is 0 Å². The summed E-state index contributed by atoms with van der Waals surface area (Å²) >= 11 is 5.23. The van der Waals surface area contributed by atoms with Gasteiger partial charge in [-0.3, -0.25) is 9.67 Å². The van der Waals surface area contributed by atoms with Crippen molar-refractivity contribution in [2.45, 2.75) is 25.5 Å². The molecule has 3 rings (SSSR count). The van der Waals surface area contributed by atoms with Gasteiger partial charge in [0.25, 0.3) is 0 Å². The van der Waals surface area contributed by atoms with E-state index in [9.17, 15) is 0 Å². The van der Waals surface area contributed by atoms with E-state index in [1.165, 1.54) is 0 Å². The summed E-state index contributed by atoms with van der Waals surface area (Å²) in [6.07, 6.45) is 4.05.